The molecular weight excluding hydrogens is 312 g/mol. The molecule has 120 valence electrons. The van der Waals surface area contributed by atoms with Gasteiger partial charge < -0.3 is 20.1 Å². The lowest BCUT2D eigenvalue weighted by molar-refractivity contribution is -0.131. The quantitative estimate of drug-likeness (QED) is 0.808. The molecule has 0 radical (unpaired) electrons. The van der Waals surface area contributed by atoms with Crippen molar-refractivity contribution in [3.05, 3.63) is 17.7 Å². The molecule has 0 aliphatic carbocycles. The van der Waals surface area contributed by atoms with Gasteiger partial charge >= 0.3 is 0 Å². The first-order chi connectivity index (χ1) is 9.44. The number of halogens is 1. The molecule has 0 bridgehead atoms. The minimum atomic E-state index is -0.502. The zero-order chi connectivity index (χ0) is 15.3. The number of nitrogens with two attached hydrogens (primary N) is 1. The maximum Gasteiger partial charge on any atom is 0.239 e. The first-order valence-corrected chi connectivity index (χ1v) is 7.46. The molecule has 0 saturated heterocycles. The van der Waals surface area contributed by atoms with Crippen LogP contribution in [0.15, 0.2) is 17.0 Å². The van der Waals surface area contributed by atoms with Crippen LogP contribution in [-0.4, -0.2) is 44.4 Å². The van der Waals surface area contributed by atoms with Gasteiger partial charge in [-0.2, -0.15) is 0 Å². The number of amides is 1. The molecule has 0 fully saturated rings. The number of thioether (sulfide) groups is 1. The number of carbonyl (C=O) groups is 1. The van der Waals surface area contributed by atoms with E-state index in [1.165, 1.54) is 0 Å². The summed E-state index contributed by atoms with van der Waals surface area (Å²) in [6, 6.07) is 3.32. The van der Waals surface area contributed by atoms with Gasteiger partial charge in [0, 0.05) is 18.5 Å². The van der Waals surface area contributed by atoms with Gasteiger partial charge in [0.15, 0.2) is 11.5 Å². The second-order valence-electron chi connectivity index (χ2n) is 4.50. The molecule has 2 N–H and O–H groups in total. The van der Waals surface area contributed by atoms with Gasteiger partial charge in [-0.05, 0) is 30.9 Å². The highest BCUT2D eigenvalue weighted by Crippen LogP contribution is 2.35. The van der Waals surface area contributed by atoms with Gasteiger partial charge in [-0.1, -0.05) is 0 Å². The van der Waals surface area contributed by atoms with Crippen LogP contribution < -0.4 is 15.2 Å². The summed E-state index contributed by atoms with van der Waals surface area (Å²) in [4.78, 5) is 14.5. The minimum absolute atomic E-state index is 0. The van der Waals surface area contributed by atoms with E-state index in [2.05, 4.69) is 0 Å². The maximum absolute atomic E-state index is 11.9. The molecule has 21 heavy (non-hydrogen) atoms. The van der Waals surface area contributed by atoms with E-state index in [0.717, 1.165) is 10.5 Å². The summed E-state index contributed by atoms with van der Waals surface area (Å²) in [5, 5.41) is 0. The Bertz CT molecular complexity index is 484. The molecule has 1 aromatic carbocycles. The number of likely N-dealkylation sites (N-methyl/N-ethyl adjacent to an activating group) is 1. The second kappa shape index (κ2) is 9.02. The summed E-state index contributed by atoms with van der Waals surface area (Å²) < 4.78 is 10.6. The third kappa shape index (κ3) is 4.98. The average molecular weight is 335 g/mol. The lowest BCUT2D eigenvalue weighted by Gasteiger charge is -2.21. The Kier molecular flexibility index (Phi) is 8.54. The number of carbonyl (C=O) groups excluding carboxylic acids is 1. The molecule has 0 aliphatic heterocycles. The largest absolute Gasteiger partial charge is 0.493 e. The van der Waals surface area contributed by atoms with Crippen LogP contribution in [0.2, 0.25) is 0 Å². The third-order valence-electron chi connectivity index (χ3n) is 2.96. The van der Waals surface area contributed by atoms with Gasteiger partial charge in [0.1, 0.15) is 0 Å². The first kappa shape index (κ1) is 19.9. The van der Waals surface area contributed by atoms with Crippen molar-refractivity contribution in [3.8, 4) is 11.5 Å². The van der Waals surface area contributed by atoms with Crippen LogP contribution in [-0.2, 0) is 11.3 Å². The fourth-order valence-corrected chi connectivity index (χ4v) is 2.51. The molecular formula is C14H23ClN2O3S. The van der Waals surface area contributed by atoms with E-state index in [9.17, 15) is 4.79 Å². The zero-order valence-corrected chi connectivity index (χ0v) is 14.6. The molecule has 0 spiro atoms. The number of rotatable bonds is 6. The standard InChI is InChI=1S/C14H22N2O3S.ClH/c1-9(15)14(17)16(2)8-10-6-11(18-3)12(19-4)7-13(10)20-5;/h6-7,9H,8,15H2,1-5H3;1H/t9-;/m0./s1. The highest BCUT2D eigenvalue weighted by atomic mass is 35.5. The van der Waals surface area contributed by atoms with E-state index in [1.54, 1.807) is 44.9 Å². The number of hydrogen-bond donors (Lipinski definition) is 1. The minimum Gasteiger partial charge on any atom is -0.493 e. The topological polar surface area (TPSA) is 64.8 Å². The molecule has 1 rings (SSSR count). The van der Waals surface area contributed by atoms with E-state index in [0.29, 0.717) is 18.0 Å². The number of nitrogens with zero attached hydrogens (tertiary/aromatic N) is 1. The van der Waals surface area contributed by atoms with Crippen molar-refractivity contribution < 1.29 is 14.3 Å². The number of benzene rings is 1. The van der Waals surface area contributed by atoms with Crippen LogP contribution in [0.25, 0.3) is 0 Å². The monoisotopic (exact) mass is 334 g/mol. The van der Waals surface area contributed by atoms with Crippen LogP contribution in [0, 0.1) is 0 Å². The Hall–Kier alpha value is -1.11. The normalized spacial score (nSPS) is 11.3. The smallest absolute Gasteiger partial charge is 0.239 e. The van der Waals surface area contributed by atoms with Crippen molar-refractivity contribution in [2.45, 2.75) is 24.4 Å². The van der Waals surface area contributed by atoms with Crippen LogP contribution in [0.4, 0.5) is 0 Å². The van der Waals surface area contributed by atoms with Crippen molar-refractivity contribution in [2.24, 2.45) is 5.73 Å². The average Bonchev–Trinajstić information content (AvgIpc) is 2.45. The maximum atomic E-state index is 11.9. The summed E-state index contributed by atoms with van der Waals surface area (Å²) in [5.41, 5.74) is 6.63. The molecule has 7 heteroatoms. The van der Waals surface area contributed by atoms with Crippen LogP contribution in [0.3, 0.4) is 0 Å². The summed E-state index contributed by atoms with van der Waals surface area (Å²) in [6.07, 6.45) is 1.98. The molecule has 1 aromatic rings. The van der Waals surface area contributed by atoms with Crippen molar-refractivity contribution >= 4 is 30.1 Å². The summed E-state index contributed by atoms with van der Waals surface area (Å²) in [6.45, 7) is 2.17. The van der Waals surface area contributed by atoms with Gasteiger partial charge in [-0.25, -0.2) is 0 Å². The molecule has 1 atom stereocenters. The Labute approximate surface area is 136 Å². The molecule has 0 aromatic heterocycles. The van der Waals surface area contributed by atoms with E-state index in [-0.39, 0.29) is 18.3 Å². The van der Waals surface area contributed by atoms with Crippen molar-refractivity contribution in [1.82, 2.24) is 4.90 Å². The van der Waals surface area contributed by atoms with E-state index in [1.807, 2.05) is 18.4 Å². The number of hydrogen-bond acceptors (Lipinski definition) is 5. The van der Waals surface area contributed by atoms with E-state index >= 15 is 0 Å². The van der Waals surface area contributed by atoms with Crippen LogP contribution >= 0.6 is 24.2 Å². The highest BCUT2D eigenvalue weighted by Gasteiger charge is 2.17. The lowest BCUT2D eigenvalue weighted by atomic mass is 10.1. The van der Waals surface area contributed by atoms with Gasteiger partial charge in [0.25, 0.3) is 0 Å². The molecule has 0 heterocycles. The van der Waals surface area contributed by atoms with E-state index < -0.39 is 6.04 Å². The fourth-order valence-electron chi connectivity index (χ4n) is 1.90. The number of methoxy groups -OCH3 is 2. The van der Waals surface area contributed by atoms with Crippen molar-refractivity contribution in [3.63, 3.8) is 0 Å². The summed E-state index contributed by atoms with van der Waals surface area (Å²) in [5.74, 6) is 1.25. The number of ether oxygens (including phenoxy) is 2. The zero-order valence-electron chi connectivity index (χ0n) is 13.0. The van der Waals surface area contributed by atoms with Crippen molar-refractivity contribution in [2.75, 3.05) is 27.5 Å². The highest BCUT2D eigenvalue weighted by molar-refractivity contribution is 7.98. The van der Waals surface area contributed by atoms with Crippen molar-refractivity contribution in [1.29, 1.82) is 0 Å². The molecule has 0 aliphatic rings. The van der Waals surface area contributed by atoms with E-state index in [4.69, 9.17) is 15.2 Å². The van der Waals surface area contributed by atoms with Gasteiger partial charge in [-0.15, -0.1) is 24.2 Å². The summed E-state index contributed by atoms with van der Waals surface area (Å²) >= 11 is 1.60. The Morgan fingerprint density at radius 2 is 1.86 bits per heavy atom. The summed E-state index contributed by atoms with van der Waals surface area (Å²) in [7, 11) is 4.94. The lowest BCUT2D eigenvalue weighted by Crippen LogP contribution is -2.39. The Morgan fingerprint density at radius 3 is 2.29 bits per heavy atom. The van der Waals surface area contributed by atoms with Gasteiger partial charge in [0.05, 0.1) is 20.3 Å². The van der Waals surface area contributed by atoms with Gasteiger partial charge in [-0.3, -0.25) is 4.79 Å². The van der Waals surface area contributed by atoms with Gasteiger partial charge in [0.2, 0.25) is 5.91 Å². The Morgan fingerprint density at radius 1 is 1.33 bits per heavy atom. The molecule has 0 unspecified atom stereocenters. The predicted octanol–water partition coefficient (Wildman–Crippen LogP) is 2.15. The third-order valence-corrected chi connectivity index (χ3v) is 3.78. The first-order valence-electron chi connectivity index (χ1n) is 6.24. The molecule has 5 nitrogen and oxygen atoms in total. The molecule has 0 saturated carbocycles. The predicted molar refractivity (Wildman–Crippen MR) is 88.7 cm³/mol. The second-order valence-corrected chi connectivity index (χ2v) is 5.35. The SMILES string of the molecule is COc1cc(CN(C)C(=O)[C@H](C)N)c(SC)cc1OC.Cl. The van der Waals surface area contributed by atoms with Crippen LogP contribution in [0.5, 0.6) is 11.5 Å². The Balaban J connectivity index is 0.00000400. The van der Waals surface area contributed by atoms with Crippen LogP contribution in [0.1, 0.15) is 12.5 Å². The fraction of sp³-hybridized carbons (Fsp3) is 0.500. The molecule has 1 amide bonds.